The van der Waals surface area contributed by atoms with Gasteiger partial charge in [0.1, 0.15) is 4.88 Å². The molecular weight excluding hydrogens is 282 g/mol. The number of carbonyl (C=O) groups is 1. The van der Waals surface area contributed by atoms with Gasteiger partial charge in [0.2, 0.25) is 0 Å². The van der Waals surface area contributed by atoms with Gasteiger partial charge in [-0.3, -0.25) is 9.78 Å². The van der Waals surface area contributed by atoms with Crippen LogP contribution in [0.5, 0.6) is 0 Å². The molecule has 0 atom stereocenters. The van der Waals surface area contributed by atoms with Crippen LogP contribution in [0.1, 0.15) is 15.2 Å². The summed E-state index contributed by atoms with van der Waals surface area (Å²) >= 11 is 1.38. The number of pyridine rings is 1. The predicted octanol–water partition coefficient (Wildman–Crippen LogP) is 3.46. The molecule has 0 fully saturated rings. The molecule has 2 N–H and O–H groups in total. The van der Waals surface area contributed by atoms with Gasteiger partial charge in [0, 0.05) is 30.5 Å². The lowest BCUT2D eigenvalue weighted by molar-refractivity contribution is 0.0997. The summed E-state index contributed by atoms with van der Waals surface area (Å²) in [5, 5.41) is 0.885. The SMILES string of the molecule is Cc1ccc(N(C)C(=O)c2sc3cnccc3c2N)cc1. The minimum atomic E-state index is -0.0995. The van der Waals surface area contributed by atoms with E-state index in [2.05, 4.69) is 4.98 Å². The highest BCUT2D eigenvalue weighted by Gasteiger charge is 2.20. The second-order valence-corrected chi connectivity index (χ2v) is 5.97. The Balaban J connectivity index is 2.00. The lowest BCUT2D eigenvalue weighted by atomic mass is 10.2. The van der Waals surface area contributed by atoms with Crippen molar-refractivity contribution in [3.05, 3.63) is 53.2 Å². The molecule has 106 valence electrons. The van der Waals surface area contributed by atoms with Crippen LogP contribution in [0.3, 0.4) is 0 Å². The van der Waals surface area contributed by atoms with E-state index < -0.39 is 0 Å². The molecule has 5 heteroatoms. The normalized spacial score (nSPS) is 10.8. The Morgan fingerprint density at radius 3 is 2.62 bits per heavy atom. The van der Waals surface area contributed by atoms with Crippen LogP contribution in [0, 0.1) is 6.92 Å². The molecule has 0 bridgehead atoms. The number of fused-ring (bicyclic) bond motifs is 1. The van der Waals surface area contributed by atoms with E-state index >= 15 is 0 Å². The number of aromatic nitrogens is 1. The number of hydrogen-bond donors (Lipinski definition) is 1. The summed E-state index contributed by atoms with van der Waals surface area (Å²) in [6, 6.07) is 9.66. The van der Waals surface area contributed by atoms with Crippen LogP contribution in [0.4, 0.5) is 11.4 Å². The van der Waals surface area contributed by atoms with Crippen molar-refractivity contribution < 1.29 is 4.79 Å². The molecule has 3 rings (SSSR count). The third kappa shape index (κ3) is 2.36. The number of carbonyl (C=O) groups excluding carboxylic acids is 1. The Bertz CT molecular complexity index is 808. The zero-order chi connectivity index (χ0) is 15.0. The van der Waals surface area contributed by atoms with Crippen LogP contribution in [-0.4, -0.2) is 17.9 Å². The smallest absolute Gasteiger partial charge is 0.270 e. The van der Waals surface area contributed by atoms with E-state index in [4.69, 9.17) is 5.73 Å². The first-order chi connectivity index (χ1) is 10.1. The highest BCUT2D eigenvalue weighted by Crippen LogP contribution is 2.34. The molecule has 4 nitrogen and oxygen atoms in total. The summed E-state index contributed by atoms with van der Waals surface area (Å²) in [7, 11) is 1.76. The number of nitrogen functional groups attached to an aromatic ring is 1. The molecule has 0 saturated carbocycles. The quantitative estimate of drug-likeness (QED) is 0.788. The molecule has 0 aliphatic heterocycles. The van der Waals surface area contributed by atoms with Gasteiger partial charge in [-0.05, 0) is 25.1 Å². The van der Waals surface area contributed by atoms with Gasteiger partial charge in [0.25, 0.3) is 5.91 Å². The minimum Gasteiger partial charge on any atom is -0.397 e. The number of benzene rings is 1. The lowest BCUT2D eigenvalue weighted by Crippen LogP contribution is -2.26. The fourth-order valence-corrected chi connectivity index (χ4v) is 3.23. The number of amides is 1. The van der Waals surface area contributed by atoms with Crippen molar-refractivity contribution in [2.24, 2.45) is 0 Å². The topological polar surface area (TPSA) is 59.2 Å². The highest BCUT2D eigenvalue weighted by molar-refractivity contribution is 7.21. The molecule has 2 heterocycles. The van der Waals surface area contributed by atoms with Crippen molar-refractivity contribution in [3.8, 4) is 0 Å². The van der Waals surface area contributed by atoms with Crippen molar-refractivity contribution in [1.82, 2.24) is 4.98 Å². The first kappa shape index (κ1) is 13.6. The van der Waals surface area contributed by atoms with Crippen LogP contribution in [0.2, 0.25) is 0 Å². The maximum Gasteiger partial charge on any atom is 0.270 e. The summed E-state index contributed by atoms with van der Waals surface area (Å²) in [5.74, 6) is -0.0995. The average molecular weight is 297 g/mol. The summed E-state index contributed by atoms with van der Waals surface area (Å²) in [6.07, 6.45) is 3.42. The van der Waals surface area contributed by atoms with E-state index in [0.717, 1.165) is 21.3 Å². The molecular formula is C16H15N3OS. The molecule has 21 heavy (non-hydrogen) atoms. The summed E-state index contributed by atoms with van der Waals surface area (Å²) in [4.78, 5) is 18.9. The van der Waals surface area contributed by atoms with Crippen molar-refractivity contribution in [1.29, 1.82) is 0 Å². The fourth-order valence-electron chi connectivity index (χ4n) is 2.17. The van der Waals surface area contributed by atoms with Crippen molar-refractivity contribution in [3.63, 3.8) is 0 Å². The number of hydrogen-bond acceptors (Lipinski definition) is 4. The number of aryl methyl sites for hydroxylation is 1. The molecule has 1 amide bonds. The number of thiophene rings is 1. The van der Waals surface area contributed by atoms with E-state index in [-0.39, 0.29) is 5.91 Å². The van der Waals surface area contributed by atoms with E-state index in [0.29, 0.717) is 10.6 Å². The maximum absolute atomic E-state index is 12.7. The number of nitrogens with zero attached hydrogens (tertiary/aromatic N) is 2. The molecule has 0 radical (unpaired) electrons. The zero-order valence-corrected chi connectivity index (χ0v) is 12.6. The lowest BCUT2D eigenvalue weighted by Gasteiger charge is -2.17. The predicted molar refractivity (Wildman–Crippen MR) is 87.9 cm³/mol. The second-order valence-electron chi connectivity index (χ2n) is 4.92. The van der Waals surface area contributed by atoms with Gasteiger partial charge in [-0.25, -0.2) is 0 Å². The Labute approximate surface area is 126 Å². The summed E-state index contributed by atoms with van der Waals surface area (Å²) in [5.41, 5.74) is 8.65. The third-order valence-electron chi connectivity index (χ3n) is 3.45. The maximum atomic E-state index is 12.7. The molecule has 0 aliphatic rings. The van der Waals surface area contributed by atoms with Crippen molar-refractivity contribution in [2.45, 2.75) is 6.92 Å². The van der Waals surface area contributed by atoms with E-state index in [9.17, 15) is 4.79 Å². The molecule has 0 unspecified atom stereocenters. The van der Waals surface area contributed by atoms with Crippen LogP contribution in [0.25, 0.3) is 10.1 Å². The van der Waals surface area contributed by atoms with Gasteiger partial charge in [0.05, 0.1) is 10.4 Å². The first-order valence-corrected chi connectivity index (χ1v) is 7.36. The Kier molecular flexibility index (Phi) is 3.35. The van der Waals surface area contributed by atoms with E-state index in [1.54, 1.807) is 24.3 Å². The second kappa shape index (κ2) is 5.18. The number of nitrogens with two attached hydrogens (primary N) is 1. The number of rotatable bonds is 2. The van der Waals surface area contributed by atoms with Crippen molar-refractivity contribution in [2.75, 3.05) is 17.7 Å². The summed E-state index contributed by atoms with van der Waals surface area (Å²) < 4.78 is 0.927. The standard InChI is InChI=1S/C16H15N3OS/c1-10-3-5-11(6-4-10)19(2)16(20)15-14(17)12-7-8-18-9-13(12)21-15/h3-9H,17H2,1-2H3. The monoisotopic (exact) mass is 297 g/mol. The van der Waals surface area contributed by atoms with Gasteiger partial charge in [-0.1, -0.05) is 17.7 Å². The zero-order valence-electron chi connectivity index (χ0n) is 11.8. The van der Waals surface area contributed by atoms with Gasteiger partial charge in [0.15, 0.2) is 0 Å². The first-order valence-electron chi connectivity index (χ1n) is 6.54. The minimum absolute atomic E-state index is 0.0995. The van der Waals surface area contributed by atoms with E-state index in [1.165, 1.54) is 11.3 Å². The van der Waals surface area contributed by atoms with Crippen LogP contribution in [0.15, 0.2) is 42.7 Å². The summed E-state index contributed by atoms with van der Waals surface area (Å²) in [6.45, 7) is 2.02. The molecule has 0 saturated heterocycles. The highest BCUT2D eigenvalue weighted by atomic mass is 32.1. The van der Waals surface area contributed by atoms with Gasteiger partial charge >= 0.3 is 0 Å². The largest absolute Gasteiger partial charge is 0.397 e. The van der Waals surface area contributed by atoms with Crippen LogP contribution >= 0.6 is 11.3 Å². The molecule has 1 aromatic carbocycles. The Hall–Kier alpha value is -2.40. The molecule has 2 aromatic heterocycles. The Morgan fingerprint density at radius 2 is 1.95 bits per heavy atom. The van der Waals surface area contributed by atoms with E-state index in [1.807, 2.05) is 37.3 Å². The van der Waals surface area contributed by atoms with Gasteiger partial charge < -0.3 is 10.6 Å². The average Bonchev–Trinajstić information content (AvgIpc) is 2.84. The molecule has 0 aliphatic carbocycles. The third-order valence-corrected chi connectivity index (χ3v) is 4.60. The van der Waals surface area contributed by atoms with Gasteiger partial charge in [-0.2, -0.15) is 0 Å². The van der Waals surface area contributed by atoms with Crippen LogP contribution < -0.4 is 10.6 Å². The fraction of sp³-hybridized carbons (Fsp3) is 0.125. The van der Waals surface area contributed by atoms with Crippen molar-refractivity contribution >= 4 is 38.7 Å². The molecule has 0 spiro atoms. The van der Waals surface area contributed by atoms with Gasteiger partial charge in [-0.15, -0.1) is 11.3 Å². The number of anilines is 2. The molecule has 3 aromatic rings. The Morgan fingerprint density at radius 1 is 1.24 bits per heavy atom. The van der Waals surface area contributed by atoms with Crippen LogP contribution in [-0.2, 0) is 0 Å².